The molecule has 0 aromatic heterocycles. The smallest absolute Gasteiger partial charge is 0.333 e. The van der Waals surface area contributed by atoms with Gasteiger partial charge in [0.15, 0.2) is 6.23 Å². The van der Waals surface area contributed by atoms with E-state index < -0.39 is 18.8 Å². The Morgan fingerprint density at radius 3 is 2.33 bits per heavy atom. The largest absolute Gasteiger partial charge is 0.445 e. The fourth-order valence-electron chi connectivity index (χ4n) is 0.289. The summed E-state index contributed by atoms with van der Waals surface area (Å²) in [7, 11) is 3.75. The van der Waals surface area contributed by atoms with E-state index in [9.17, 15) is 4.79 Å². The van der Waals surface area contributed by atoms with Gasteiger partial charge in [-0.2, -0.15) is 0 Å². The second-order valence-electron chi connectivity index (χ2n) is 2.09. The number of nitrogens with two attached hydrogens (primary N) is 1. The highest BCUT2D eigenvalue weighted by atomic mass is 16.6. The van der Waals surface area contributed by atoms with Crippen molar-refractivity contribution in [3.8, 4) is 0 Å². The van der Waals surface area contributed by atoms with Crippen LogP contribution in [0.15, 0.2) is 0 Å². The second-order valence-corrected chi connectivity index (χ2v) is 2.09. The Labute approximate surface area is 72.9 Å². The van der Waals surface area contributed by atoms with Crippen LogP contribution in [0.1, 0.15) is 13.3 Å². The summed E-state index contributed by atoms with van der Waals surface area (Å²) >= 11 is 0. The maximum atomic E-state index is 10.2. The fraction of sp³-hybridized carbons (Fsp3) is 0.857. The molecule has 5 heteroatoms. The summed E-state index contributed by atoms with van der Waals surface area (Å²) in [4.78, 5) is 10.2. The molecule has 5 nitrogen and oxygen atoms in total. The lowest BCUT2D eigenvalue weighted by atomic mass is 10.4. The Bertz CT molecular complexity index is 109. The van der Waals surface area contributed by atoms with Crippen molar-refractivity contribution in [2.24, 2.45) is 5.73 Å². The van der Waals surface area contributed by atoms with Crippen molar-refractivity contribution in [3.05, 3.63) is 0 Å². The third kappa shape index (κ3) is 12.1. The van der Waals surface area contributed by atoms with Gasteiger partial charge in [-0.15, -0.1) is 0 Å². The molecule has 0 radical (unpaired) electrons. The average molecular weight is 178 g/mol. The summed E-state index contributed by atoms with van der Waals surface area (Å²) in [5.41, 5.74) is 5.20. The summed E-state index contributed by atoms with van der Waals surface area (Å²) in [6.07, 6.45) is -0.0178. The number of carbonyl (C=O) groups is 1. The minimum Gasteiger partial charge on any atom is -0.445 e. The first-order valence-corrected chi connectivity index (χ1v) is 3.76. The van der Waals surface area contributed by atoms with E-state index in [-0.39, 0.29) is 0 Å². The first kappa shape index (κ1) is 13.9. The van der Waals surface area contributed by atoms with E-state index in [1.54, 1.807) is 6.92 Å². The Morgan fingerprint density at radius 1 is 1.67 bits per heavy atom. The maximum Gasteiger partial charge on any atom is 0.333 e. The molecule has 0 rings (SSSR count). The van der Waals surface area contributed by atoms with Crippen LogP contribution in [0.5, 0.6) is 0 Å². The summed E-state index contributed by atoms with van der Waals surface area (Å²) in [6.45, 7) is 1.18. The Balaban J connectivity index is 0. The number of rotatable bonds is 3. The van der Waals surface area contributed by atoms with Gasteiger partial charge >= 0.3 is 5.97 Å². The first-order valence-electron chi connectivity index (χ1n) is 3.76. The van der Waals surface area contributed by atoms with Gasteiger partial charge in [-0.3, -0.25) is 5.73 Å². The molecule has 0 fully saturated rings. The van der Waals surface area contributed by atoms with Crippen LogP contribution < -0.4 is 11.1 Å². The molecule has 0 aliphatic heterocycles. The van der Waals surface area contributed by atoms with Gasteiger partial charge in [0.2, 0.25) is 0 Å². The van der Waals surface area contributed by atoms with Gasteiger partial charge in [0, 0.05) is 0 Å². The molecule has 0 bridgehead atoms. The molecule has 12 heavy (non-hydrogen) atoms. The second kappa shape index (κ2) is 10.3. The molecule has 0 amide bonds. The normalized spacial score (nSPS) is 11.1. The van der Waals surface area contributed by atoms with Crippen molar-refractivity contribution in [3.63, 3.8) is 0 Å². The number of hydrogen-bond donors (Lipinski definition) is 3. The summed E-state index contributed by atoms with van der Waals surface area (Å²) in [5, 5.41) is 10.9. The van der Waals surface area contributed by atoms with Crippen molar-refractivity contribution in [2.75, 3.05) is 20.7 Å². The van der Waals surface area contributed by atoms with Gasteiger partial charge in [-0.1, -0.05) is 6.92 Å². The van der Waals surface area contributed by atoms with Gasteiger partial charge in [0.05, 0.1) is 0 Å². The van der Waals surface area contributed by atoms with Crippen LogP contribution in [0.3, 0.4) is 0 Å². The topological polar surface area (TPSA) is 84.6 Å². The van der Waals surface area contributed by atoms with Crippen LogP contribution in [0, 0.1) is 0 Å². The highest BCUT2D eigenvalue weighted by Crippen LogP contribution is 1.88. The molecule has 4 N–H and O–H groups in total. The van der Waals surface area contributed by atoms with E-state index in [1.165, 1.54) is 0 Å². The Kier molecular flexibility index (Phi) is 12.0. The molecule has 0 spiro atoms. The van der Waals surface area contributed by atoms with Crippen LogP contribution in [-0.4, -0.2) is 38.0 Å². The van der Waals surface area contributed by atoms with E-state index in [0.717, 1.165) is 0 Å². The third-order valence-corrected chi connectivity index (χ3v) is 0.814. The zero-order valence-corrected chi connectivity index (χ0v) is 7.83. The minimum atomic E-state index is -0.677. The molecule has 0 saturated carbocycles. The van der Waals surface area contributed by atoms with E-state index in [4.69, 9.17) is 10.8 Å². The van der Waals surface area contributed by atoms with Crippen molar-refractivity contribution in [1.29, 1.82) is 0 Å². The Morgan fingerprint density at radius 2 is 2.08 bits per heavy atom. The number of hydrogen-bond acceptors (Lipinski definition) is 5. The predicted molar refractivity (Wildman–Crippen MR) is 46.4 cm³/mol. The molecule has 1 unspecified atom stereocenters. The molecule has 0 aliphatic rings. The molecule has 0 aliphatic carbocycles. The predicted octanol–water partition coefficient (Wildman–Crippen LogP) is -0.948. The third-order valence-electron chi connectivity index (χ3n) is 0.814. The first-order chi connectivity index (χ1) is 5.62. The Hall–Kier alpha value is -0.650. The SMILES string of the molecule is CCC(N)OC(=O)CO.CNC. The van der Waals surface area contributed by atoms with Crippen LogP contribution in [0.4, 0.5) is 0 Å². The monoisotopic (exact) mass is 178 g/mol. The quantitative estimate of drug-likeness (QED) is 0.383. The molecular weight excluding hydrogens is 160 g/mol. The lowest BCUT2D eigenvalue weighted by Crippen LogP contribution is -2.27. The number of aliphatic hydroxyl groups is 1. The van der Waals surface area contributed by atoms with Gasteiger partial charge in [-0.05, 0) is 20.5 Å². The molecule has 0 aromatic rings. The highest BCUT2D eigenvalue weighted by molar-refractivity contribution is 5.70. The van der Waals surface area contributed by atoms with E-state index in [0.29, 0.717) is 6.42 Å². The molecular formula is C7H18N2O3. The molecule has 0 heterocycles. The highest BCUT2D eigenvalue weighted by Gasteiger charge is 2.04. The van der Waals surface area contributed by atoms with E-state index in [1.807, 2.05) is 14.1 Å². The lowest BCUT2D eigenvalue weighted by Gasteiger charge is -2.07. The summed E-state index contributed by atoms with van der Waals surface area (Å²) in [6, 6.07) is 0. The van der Waals surface area contributed by atoms with E-state index >= 15 is 0 Å². The number of esters is 1. The van der Waals surface area contributed by atoms with Crippen LogP contribution in [0.2, 0.25) is 0 Å². The van der Waals surface area contributed by atoms with Crippen LogP contribution in [0.25, 0.3) is 0 Å². The van der Waals surface area contributed by atoms with Crippen molar-refractivity contribution < 1.29 is 14.6 Å². The van der Waals surface area contributed by atoms with Crippen LogP contribution >= 0.6 is 0 Å². The summed E-state index contributed by atoms with van der Waals surface area (Å²) < 4.78 is 4.44. The van der Waals surface area contributed by atoms with Gasteiger partial charge in [-0.25, -0.2) is 4.79 Å². The van der Waals surface area contributed by atoms with Gasteiger partial charge in [0.25, 0.3) is 0 Å². The summed E-state index contributed by atoms with van der Waals surface area (Å²) in [5.74, 6) is -0.677. The molecule has 0 saturated heterocycles. The molecule has 0 aromatic carbocycles. The molecule has 1 atom stereocenters. The van der Waals surface area contributed by atoms with Crippen molar-refractivity contribution >= 4 is 5.97 Å². The lowest BCUT2D eigenvalue weighted by molar-refractivity contribution is -0.152. The number of aliphatic hydroxyl groups excluding tert-OH is 1. The van der Waals surface area contributed by atoms with Crippen molar-refractivity contribution in [2.45, 2.75) is 19.6 Å². The molecule has 74 valence electrons. The van der Waals surface area contributed by atoms with Crippen molar-refractivity contribution in [1.82, 2.24) is 5.32 Å². The minimum absolute atomic E-state index is 0.561. The number of ether oxygens (including phenoxy) is 1. The zero-order chi connectivity index (χ0) is 9.98. The zero-order valence-electron chi connectivity index (χ0n) is 7.83. The standard InChI is InChI=1S/C5H11NO3.C2H7N/c1-2-4(6)9-5(8)3-7;1-3-2/h4,7H,2-3,6H2,1H3;3H,1-2H3. The van der Waals surface area contributed by atoms with Gasteiger partial charge in [0.1, 0.15) is 6.61 Å². The number of carbonyl (C=O) groups excluding carboxylic acids is 1. The van der Waals surface area contributed by atoms with Gasteiger partial charge < -0.3 is 15.2 Å². The number of nitrogens with one attached hydrogen (secondary N) is 1. The van der Waals surface area contributed by atoms with Crippen LogP contribution in [-0.2, 0) is 9.53 Å². The van der Waals surface area contributed by atoms with E-state index in [2.05, 4.69) is 10.1 Å². The fourth-order valence-corrected chi connectivity index (χ4v) is 0.289. The average Bonchev–Trinajstić information content (AvgIpc) is 2.05. The maximum absolute atomic E-state index is 10.2.